The Morgan fingerprint density at radius 1 is 0.500 bits per heavy atom. The second kappa shape index (κ2) is 14.7. The zero-order chi connectivity index (χ0) is 32.2. The van der Waals surface area contributed by atoms with Gasteiger partial charge in [0.25, 0.3) is 0 Å². The van der Waals surface area contributed by atoms with Gasteiger partial charge >= 0.3 is 11.9 Å². The predicted octanol–water partition coefficient (Wildman–Crippen LogP) is 8.21. The second-order valence-corrected chi connectivity index (χ2v) is 16.8. The summed E-state index contributed by atoms with van der Waals surface area (Å²) in [5.74, 6) is -0.351. The molecule has 0 amide bonds. The van der Waals surface area contributed by atoms with Crippen molar-refractivity contribution in [3.63, 3.8) is 0 Å². The van der Waals surface area contributed by atoms with Gasteiger partial charge in [-0.3, -0.25) is 19.3 Å². The lowest BCUT2D eigenvalue weighted by Gasteiger charge is -2.54. The molecule has 2 saturated heterocycles. The van der Waals surface area contributed by atoms with Crippen LogP contribution in [0.1, 0.15) is 171 Å². The Kier molecular flexibility index (Phi) is 11.9. The van der Waals surface area contributed by atoms with Crippen molar-refractivity contribution in [2.45, 2.75) is 218 Å². The molecule has 0 unspecified atom stereocenters. The molecular weight excluding hydrogens is 556 g/mol. The van der Waals surface area contributed by atoms with Crippen molar-refractivity contribution < 1.29 is 28.7 Å². The first-order valence-electron chi connectivity index (χ1n) is 17.9. The number of hydrogen-bond acceptors (Lipinski definition) is 8. The number of carbonyl (C=O) groups excluding carboxylic acids is 2. The highest BCUT2D eigenvalue weighted by molar-refractivity contribution is 5.71. The van der Waals surface area contributed by atoms with Crippen LogP contribution in [0.25, 0.3) is 0 Å². The number of nitrogens with zero attached hydrogens (tertiary/aromatic N) is 2. The fourth-order valence-electron chi connectivity index (χ4n) is 8.75. The molecule has 4 rings (SSSR count). The summed E-state index contributed by atoms with van der Waals surface area (Å²) in [5, 5.41) is 4.39. The second-order valence-electron chi connectivity index (χ2n) is 16.8. The summed E-state index contributed by atoms with van der Waals surface area (Å²) in [6.07, 6.45) is 17.3. The number of ether oxygens (including phenoxy) is 2. The highest BCUT2D eigenvalue weighted by Gasteiger charge is 2.50. The smallest absolute Gasteiger partial charge is 0.306 e. The van der Waals surface area contributed by atoms with Crippen molar-refractivity contribution >= 4 is 11.9 Å². The van der Waals surface area contributed by atoms with Crippen molar-refractivity contribution in [3.8, 4) is 0 Å². The van der Waals surface area contributed by atoms with Crippen molar-refractivity contribution in [1.82, 2.24) is 10.1 Å². The number of carbonyl (C=O) groups is 2. The molecule has 8 nitrogen and oxygen atoms in total. The third kappa shape index (κ3) is 9.65. The average Bonchev–Trinajstić information content (AvgIpc) is 2.91. The molecule has 0 spiro atoms. The van der Waals surface area contributed by atoms with E-state index in [1.165, 1.54) is 38.5 Å². The number of hydroxylamine groups is 4. The van der Waals surface area contributed by atoms with Crippen LogP contribution in [0.2, 0.25) is 0 Å². The molecule has 0 aromatic rings. The summed E-state index contributed by atoms with van der Waals surface area (Å²) in [6.45, 7) is 17.5. The van der Waals surface area contributed by atoms with E-state index in [1.807, 2.05) is 0 Å². The summed E-state index contributed by atoms with van der Waals surface area (Å²) in [4.78, 5) is 38.8. The Hall–Kier alpha value is -1.22. The zero-order valence-corrected chi connectivity index (χ0v) is 29.4. The monoisotopic (exact) mass is 620 g/mol. The van der Waals surface area contributed by atoms with Crippen LogP contribution in [0.4, 0.5) is 0 Å². The topological polar surface area (TPSA) is 77.5 Å². The third-order valence-electron chi connectivity index (χ3n) is 10.3. The van der Waals surface area contributed by atoms with Gasteiger partial charge in [-0.05, 0) is 93.9 Å². The largest absolute Gasteiger partial charge is 0.462 e. The first-order valence-corrected chi connectivity index (χ1v) is 17.9. The van der Waals surface area contributed by atoms with E-state index in [-0.39, 0.29) is 46.3 Å². The van der Waals surface area contributed by atoms with E-state index < -0.39 is 0 Å². The van der Waals surface area contributed by atoms with Gasteiger partial charge in [0.05, 0.1) is 12.2 Å². The van der Waals surface area contributed by atoms with E-state index in [2.05, 4.69) is 65.5 Å². The fraction of sp³-hybridized carbons (Fsp3) is 0.944. The molecule has 0 bridgehead atoms. The Bertz CT molecular complexity index is 838. The molecule has 0 atom stereocenters. The van der Waals surface area contributed by atoms with Crippen molar-refractivity contribution in [2.24, 2.45) is 0 Å². The van der Waals surface area contributed by atoms with Crippen LogP contribution in [0.5, 0.6) is 0 Å². The van der Waals surface area contributed by atoms with Crippen molar-refractivity contribution in [3.05, 3.63) is 0 Å². The molecule has 2 saturated carbocycles. The quantitative estimate of drug-likeness (QED) is 0.169. The number of rotatable bonds is 11. The molecule has 2 heterocycles. The molecule has 2 aliphatic heterocycles. The molecule has 254 valence electrons. The maximum Gasteiger partial charge on any atom is 0.306 e. The van der Waals surface area contributed by atoms with Gasteiger partial charge in [0.15, 0.2) is 0 Å². The molecule has 0 aromatic carbocycles. The minimum absolute atomic E-state index is 0.136. The normalized spacial score (nSPS) is 27.2. The van der Waals surface area contributed by atoms with Gasteiger partial charge < -0.3 is 9.47 Å². The molecule has 44 heavy (non-hydrogen) atoms. The Morgan fingerprint density at radius 3 is 1.09 bits per heavy atom. The number of hydrogen-bond donors (Lipinski definition) is 0. The van der Waals surface area contributed by atoms with Gasteiger partial charge in [-0.25, -0.2) is 0 Å². The predicted molar refractivity (Wildman–Crippen MR) is 173 cm³/mol. The maximum atomic E-state index is 12.8. The molecule has 0 aromatic heterocycles. The first-order chi connectivity index (χ1) is 20.6. The number of piperidine rings is 2. The Morgan fingerprint density at radius 2 is 0.795 bits per heavy atom. The molecule has 0 N–H and O–H groups in total. The van der Waals surface area contributed by atoms with Crippen LogP contribution in [0, 0.1) is 0 Å². The van der Waals surface area contributed by atoms with Crippen molar-refractivity contribution in [1.29, 1.82) is 0 Å². The van der Waals surface area contributed by atoms with Crippen LogP contribution >= 0.6 is 0 Å². The van der Waals surface area contributed by atoms with E-state index >= 15 is 0 Å². The van der Waals surface area contributed by atoms with E-state index in [1.54, 1.807) is 0 Å². The van der Waals surface area contributed by atoms with Gasteiger partial charge in [0.1, 0.15) is 12.2 Å². The Labute approximate surface area is 268 Å². The first kappa shape index (κ1) is 35.6. The van der Waals surface area contributed by atoms with Gasteiger partial charge in [-0.2, -0.15) is 10.1 Å². The summed E-state index contributed by atoms with van der Waals surface area (Å²) in [6, 6.07) is 0. The molecule has 4 aliphatic rings. The standard InChI is InChI=1S/C36H64N2O6/c1-33(2)23-29(24-34(3,4)37(33)43-27-17-11-9-12-18-27)41-31(39)21-15-16-22-32(40)42-30-25-35(5,6)38(36(7,8)26-30)44-28-19-13-10-14-20-28/h27-30H,9-26H2,1-8H3. The van der Waals surface area contributed by atoms with Crippen LogP contribution in [-0.2, 0) is 28.7 Å². The van der Waals surface area contributed by atoms with E-state index in [0.29, 0.717) is 37.9 Å². The minimum Gasteiger partial charge on any atom is -0.462 e. The summed E-state index contributed by atoms with van der Waals surface area (Å²) >= 11 is 0. The summed E-state index contributed by atoms with van der Waals surface area (Å²) in [5.41, 5.74) is -0.908. The molecule has 8 heteroatoms. The van der Waals surface area contributed by atoms with Gasteiger partial charge in [-0.1, -0.05) is 38.5 Å². The van der Waals surface area contributed by atoms with Crippen LogP contribution in [-0.4, -0.2) is 68.6 Å². The highest BCUT2D eigenvalue weighted by atomic mass is 16.7. The lowest BCUT2D eigenvalue weighted by Crippen LogP contribution is -2.63. The Balaban J connectivity index is 1.16. The number of esters is 2. The van der Waals surface area contributed by atoms with Crippen LogP contribution in [0.3, 0.4) is 0 Å². The zero-order valence-electron chi connectivity index (χ0n) is 29.4. The van der Waals surface area contributed by atoms with E-state index in [0.717, 1.165) is 51.4 Å². The highest BCUT2D eigenvalue weighted by Crippen LogP contribution is 2.43. The van der Waals surface area contributed by atoms with Crippen LogP contribution in [0.15, 0.2) is 0 Å². The van der Waals surface area contributed by atoms with E-state index in [4.69, 9.17) is 19.1 Å². The van der Waals surface area contributed by atoms with E-state index in [9.17, 15) is 9.59 Å². The molecule has 0 radical (unpaired) electrons. The van der Waals surface area contributed by atoms with Crippen LogP contribution < -0.4 is 0 Å². The molecular formula is C36H64N2O6. The number of unbranched alkanes of at least 4 members (excludes halogenated alkanes) is 1. The molecule has 2 aliphatic carbocycles. The van der Waals surface area contributed by atoms with Crippen molar-refractivity contribution in [2.75, 3.05) is 0 Å². The third-order valence-corrected chi connectivity index (χ3v) is 10.3. The maximum absolute atomic E-state index is 12.8. The minimum atomic E-state index is -0.227. The average molecular weight is 621 g/mol. The lowest BCUT2D eigenvalue weighted by atomic mass is 9.80. The fourth-order valence-corrected chi connectivity index (χ4v) is 8.75. The SMILES string of the molecule is CC1(C)CC(OC(=O)CCCCC(=O)OC2CC(C)(C)N(OC3CCCCC3)C(C)(C)C2)CC(C)(C)N1OC1CCCCC1. The molecule has 4 fully saturated rings. The van der Waals surface area contributed by atoms with Gasteiger partial charge in [0.2, 0.25) is 0 Å². The van der Waals surface area contributed by atoms with Gasteiger partial charge in [0, 0.05) is 60.7 Å². The summed E-state index contributed by atoms with van der Waals surface area (Å²) in [7, 11) is 0. The lowest BCUT2D eigenvalue weighted by molar-refractivity contribution is -0.318. The summed E-state index contributed by atoms with van der Waals surface area (Å²) < 4.78 is 12.0. The van der Waals surface area contributed by atoms with Gasteiger partial charge in [-0.15, -0.1) is 0 Å².